The van der Waals surface area contributed by atoms with Crippen LogP contribution >= 0.6 is 15.9 Å². The van der Waals surface area contributed by atoms with Gasteiger partial charge in [-0.25, -0.2) is 4.39 Å². The van der Waals surface area contributed by atoms with Gasteiger partial charge < -0.3 is 9.73 Å². The largest absolute Gasteiger partial charge is 0.456 e. The summed E-state index contributed by atoms with van der Waals surface area (Å²) in [7, 11) is 0. The summed E-state index contributed by atoms with van der Waals surface area (Å²) in [6, 6.07) is 1.16. The molecule has 2 aromatic rings. The molecule has 5 heteroatoms. The van der Waals surface area contributed by atoms with Gasteiger partial charge in [0, 0.05) is 15.4 Å². The third-order valence-electron chi connectivity index (χ3n) is 3.34. The van der Waals surface area contributed by atoms with E-state index in [2.05, 4.69) is 35.1 Å². The van der Waals surface area contributed by atoms with Crippen molar-refractivity contribution >= 4 is 26.9 Å². The third-order valence-corrected chi connectivity index (χ3v) is 3.96. The molecule has 0 aliphatic rings. The first-order chi connectivity index (χ1) is 9.82. The minimum Gasteiger partial charge on any atom is -0.456 e. The molecule has 116 valence electrons. The van der Waals surface area contributed by atoms with E-state index in [-0.39, 0.29) is 11.5 Å². The molecule has 0 aliphatic carbocycles. The van der Waals surface area contributed by atoms with Crippen LogP contribution in [0.1, 0.15) is 44.9 Å². The SMILES string of the molecule is CC(C)CNCc1oc2c(F)c(F)cc(Br)c2c1C(C)C. The summed E-state index contributed by atoms with van der Waals surface area (Å²) in [5.74, 6) is -0.489. The van der Waals surface area contributed by atoms with Gasteiger partial charge in [0.15, 0.2) is 11.4 Å². The second-order valence-corrected chi connectivity index (χ2v) is 6.83. The molecule has 21 heavy (non-hydrogen) atoms. The molecule has 0 unspecified atom stereocenters. The number of rotatable bonds is 5. The number of benzene rings is 1. The molecule has 0 fully saturated rings. The smallest absolute Gasteiger partial charge is 0.201 e. The Kier molecular flexibility index (Phi) is 5.04. The minimum atomic E-state index is -0.926. The molecule has 0 spiro atoms. The number of nitrogens with one attached hydrogen (secondary N) is 1. The maximum atomic E-state index is 14.0. The van der Waals surface area contributed by atoms with Crippen molar-refractivity contribution in [3.8, 4) is 0 Å². The van der Waals surface area contributed by atoms with Crippen molar-refractivity contribution in [2.75, 3.05) is 6.54 Å². The van der Waals surface area contributed by atoms with Crippen LogP contribution in [0.25, 0.3) is 11.0 Å². The van der Waals surface area contributed by atoms with E-state index in [9.17, 15) is 8.78 Å². The molecule has 1 aromatic heterocycles. The number of fused-ring (bicyclic) bond motifs is 1. The van der Waals surface area contributed by atoms with Gasteiger partial charge in [-0.2, -0.15) is 4.39 Å². The highest BCUT2D eigenvalue weighted by atomic mass is 79.9. The molecule has 0 saturated carbocycles. The van der Waals surface area contributed by atoms with E-state index >= 15 is 0 Å². The summed E-state index contributed by atoms with van der Waals surface area (Å²) in [6.07, 6.45) is 0. The van der Waals surface area contributed by atoms with E-state index in [1.807, 2.05) is 13.8 Å². The van der Waals surface area contributed by atoms with Crippen molar-refractivity contribution in [3.05, 3.63) is 33.5 Å². The Hall–Kier alpha value is -0.940. The Morgan fingerprint density at radius 1 is 1.24 bits per heavy atom. The summed E-state index contributed by atoms with van der Waals surface area (Å²) in [4.78, 5) is 0. The molecule has 2 nitrogen and oxygen atoms in total. The molecule has 0 saturated heterocycles. The van der Waals surface area contributed by atoms with Crippen LogP contribution in [0.2, 0.25) is 0 Å². The van der Waals surface area contributed by atoms with Crippen LogP contribution in [0.4, 0.5) is 8.78 Å². The van der Waals surface area contributed by atoms with Gasteiger partial charge in [0.2, 0.25) is 5.82 Å². The predicted molar refractivity (Wildman–Crippen MR) is 84.5 cm³/mol. The predicted octanol–water partition coefficient (Wildman–Crippen LogP) is 5.34. The van der Waals surface area contributed by atoms with Gasteiger partial charge in [0.1, 0.15) is 5.76 Å². The monoisotopic (exact) mass is 359 g/mol. The summed E-state index contributed by atoms with van der Waals surface area (Å²) in [6.45, 7) is 9.61. The van der Waals surface area contributed by atoms with Crippen molar-refractivity contribution in [2.24, 2.45) is 5.92 Å². The van der Waals surface area contributed by atoms with Crippen LogP contribution in [0.3, 0.4) is 0 Å². The maximum Gasteiger partial charge on any atom is 0.201 e. The van der Waals surface area contributed by atoms with E-state index in [1.54, 1.807) is 0 Å². The Morgan fingerprint density at radius 3 is 2.48 bits per heavy atom. The van der Waals surface area contributed by atoms with Crippen LogP contribution in [0.15, 0.2) is 15.0 Å². The average Bonchev–Trinajstić information content (AvgIpc) is 2.76. The minimum absolute atomic E-state index is 0.00748. The lowest BCUT2D eigenvalue weighted by Crippen LogP contribution is -2.19. The Morgan fingerprint density at radius 2 is 1.90 bits per heavy atom. The molecule has 0 bridgehead atoms. The van der Waals surface area contributed by atoms with Gasteiger partial charge >= 0.3 is 0 Å². The third kappa shape index (κ3) is 3.29. The van der Waals surface area contributed by atoms with Crippen molar-refractivity contribution < 1.29 is 13.2 Å². The molecule has 1 N–H and O–H groups in total. The van der Waals surface area contributed by atoms with Gasteiger partial charge in [-0.05, 0) is 40.4 Å². The van der Waals surface area contributed by atoms with Gasteiger partial charge in [-0.1, -0.05) is 27.7 Å². The number of halogens is 3. The quantitative estimate of drug-likeness (QED) is 0.728. The first-order valence-electron chi connectivity index (χ1n) is 7.12. The molecule has 2 rings (SSSR count). The number of hydrogen-bond donors (Lipinski definition) is 1. The molecule has 1 aromatic carbocycles. The van der Waals surface area contributed by atoms with E-state index in [0.717, 1.165) is 18.2 Å². The maximum absolute atomic E-state index is 14.0. The van der Waals surface area contributed by atoms with E-state index in [4.69, 9.17) is 4.42 Å². The first-order valence-corrected chi connectivity index (χ1v) is 7.91. The molecule has 1 heterocycles. The topological polar surface area (TPSA) is 25.2 Å². The number of hydrogen-bond acceptors (Lipinski definition) is 2. The van der Waals surface area contributed by atoms with E-state index in [1.165, 1.54) is 0 Å². The lowest BCUT2D eigenvalue weighted by molar-refractivity contribution is 0.455. The lowest BCUT2D eigenvalue weighted by atomic mass is 9.99. The molecule has 0 atom stereocenters. The van der Waals surface area contributed by atoms with E-state index in [0.29, 0.717) is 28.1 Å². The highest BCUT2D eigenvalue weighted by Crippen LogP contribution is 2.38. The summed E-state index contributed by atoms with van der Waals surface area (Å²) in [5, 5.41) is 3.92. The number of furan rings is 1. The van der Waals surface area contributed by atoms with E-state index < -0.39 is 11.6 Å². The van der Waals surface area contributed by atoms with Crippen LogP contribution in [0.5, 0.6) is 0 Å². The Bertz CT molecular complexity index is 649. The zero-order valence-corrected chi connectivity index (χ0v) is 14.3. The standard InChI is InChI=1S/C16H20BrF2NO/c1-8(2)6-20-7-12-13(9(3)4)14-10(17)5-11(18)15(19)16(14)21-12/h5,8-9,20H,6-7H2,1-4H3. The van der Waals surface area contributed by atoms with Crippen LogP contribution in [-0.4, -0.2) is 6.54 Å². The molecular weight excluding hydrogens is 340 g/mol. The summed E-state index contributed by atoms with van der Waals surface area (Å²) in [5.41, 5.74) is 0.916. The first kappa shape index (κ1) is 16.4. The van der Waals surface area contributed by atoms with Crippen LogP contribution in [0, 0.1) is 17.6 Å². The van der Waals surface area contributed by atoms with Gasteiger partial charge in [0.25, 0.3) is 0 Å². The van der Waals surface area contributed by atoms with Crippen LogP contribution in [-0.2, 0) is 6.54 Å². The Labute approximate surface area is 132 Å². The zero-order valence-electron chi connectivity index (χ0n) is 12.7. The summed E-state index contributed by atoms with van der Waals surface area (Å²) < 4.78 is 33.7. The second-order valence-electron chi connectivity index (χ2n) is 5.98. The normalized spacial score (nSPS) is 12.0. The summed E-state index contributed by atoms with van der Waals surface area (Å²) >= 11 is 3.32. The zero-order chi connectivity index (χ0) is 15.7. The van der Waals surface area contributed by atoms with Crippen molar-refractivity contribution in [2.45, 2.75) is 40.2 Å². The van der Waals surface area contributed by atoms with Crippen LogP contribution < -0.4 is 5.32 Å². The molecule has 0 amide bonds. The second kappa shape index (κ2) is 6.44. The van der Waals surface area contributed by atoms with Crippen molar-refractivity contribution in [1.82, 2.24) is 5.32 Å². The highest BCUT2D eigenvalue weighted by molar-refractivity contribution is 9.10. The Balaban J connectivity index is 2.52. The van der Waals surface area contributed by atoms with Gasteiger partial charge in [0.05, 0.1) is 6.54 Å². The molecule has 0 radical (unpaired) electrons. The fraction of sp³-hybridized carbons (Fsp3) is 0.500. The highest BCUT2D eigenvalue weighted by Gasteiger charge is 2.23. The van der Waals surface area contributed by atoms with Crippen molar-refractivity contribution in [3.63, 3.8) is 0 Å². The van der Waals surface area contributed by atoms with Gasteiger partial charge in [-0.3, -0.25) is 0 Å². The molecule has 0 aliphatic heterocycles. The fourth-order valence-corrected chi connectivity index (χ4v) is 3.05. The average molecular weight is 360 g/mol. The fourth-order valence-electron chi connectivity index (χ4n) is 2.45. The lowest BCUT2D eigenvalue weighted by Gasteiger charge is -2.09. The van der Waals surface area contributed by atoms with Gasteiger partial charge in [-0.15, -0.1) is 0 Å². The molecular formula is C16H20BrF2NO. The van der Waals surface area contributed by atoms with Crippen molar-refractivity contribution in [1.29, 1.82) is 0 Å².